The first-order chi connectivity index (χ1) is 16.0. The van der Waals surface area contributed by atoms with Gasteiger partial charge in [0, 0.05) is 0 Å². The number of benzene rings is 4. The summed E-state index contributed by atoms with van der Waals surface area (Å²) in [6.07, 6.45) is 2.30. The van der Waals surface area contributed by atoms with Gasteiger partial charge in [-0.2, -0.15) is 0 Å². The molecule has 5 rings (SSSR count). The standard InChI is InChI=1S/C28H16Cl4Se/c29-20-7-1-17(2-8-20)25(18-3-9-21(30)10-4-18)16-27-28(19-5-11-22(31)12-6-19)24-14-13-23(32)15-26(24)33-27/h1-16H. The molecule has 0 aliphatic heterocycles. The van der Waals surface area contributed by atoms with Gasteiger partial charge in [0.1, 0.15) is 0 Å². The second-order valence-corrected chi connectivity index (χ2v) is 11.6. The molecule has 5 aromatic rings. The van der Waals surface area contributed by atoms with Crippen LogP contribution in [-0.2, 0) is 0 Å². The molecule has 0 saturated heterocycles. The maximum absolute atomic E-state index is 6.35. The summed E-state index contributed by atoms with van der Waals surface area (Å²) in [4.78, 5) is 0. The molecule has 162 valence electrons. The first-order valence-corrected chi connectivity index (χ1v) is 13.4. The quantitative estimate of drug-likeness (QED) is 0.188. The van der Waals surface area contributed by atoms with Crippen molar-refractivity contribution in [2.24, 2.45) is 0 Å². The first kappa shape index (κ1) is 22.8. The molecule has 0 N–H and O–H groups in total. The number of rotatable bonds is 4. The predicted octanol–water partition coefficient (Wildman–Crippen LogP) is 9.77. The van der Waals surface area contributed by atoms with Gasteiger partial charge in [-0.15, -0.1) is 0 Å². The number of fused-ring (bicyclic) bond motifs is 1. The number of hydrogen-bond acceptors (Lipinski definition) is 0. The van der Waals surface area contributed by atoms with Gasteiger partial charge in [0.2, 0.25) is 0 Å². The zero-order valence-corrected chi connectivity index (χ0v) is 21.9. The fourth-order valence-corrected chi connectivity index (χ4v) is 7.06. The van der Waals surface area contributed by atoms with Gasteiger partial charge in [0.25, 0.3) is 0 Å². The van der Waals surface area contributed by atoms with Gasteiger partial charge in [-0.3, -0.25) is 0 Å². The van der Waals surface area contributed by atoms with Crippen LogP contribution in [-0.4, -0.2) is 14.5 Å². The Kier molecular flexibility index (Phi) is 6.72. The van der Waals surface area contributed by atoms with Crippen molar-refractivity contribution >= 4 is 82.2 Å². The summed E-state index contributed by atoms with van der Waals surface area (Å²) in [6.45, 7) is 0. The van der Waals surface area contributed by atoms with E-state index >= 15 is 0 Å². The van der Waals surface area contributed by atoms with E-state index in [-0.39, 0.29) is 14.5 Å². The summed E-state index contributed by atoms with van der Waals surface area (Å²) in [6, 6.07) is 30.1. The van der Waals surface area contributed by atoms with Crippen LogP contribution in [0.5, 0.6) is 0 Å². The molecule has 0 radical (unpaired) electrons. The Balaban J connectivity index is 1.78. The van der Waals surface area contributed by atoms with Crippen LogP contribution in [0.4, 0.5) is 0 Å². The van der Waals surface area contributed by atoms with Crippen molar-refractivity contribution in [2.45, 2.75) is 0 Å². The molecule has 0 amide bonds. The predicted molar refractivity (Wildman–Crippen MR) is 146 cm³/mol. The zero-order valence-electron chi connectivity index (χ0n) is 17.2. The molecule has 0 saturated carbocycles. The molecule has 0 nitrogen and oxygen atoms in total. The Morgan fingerprint density at radius 1 is 0.576 bits per heavy atom. The Bertz CT molecular complexity index is 1410. The molecular formula is C28H16Cl4Se. The van der Waals surface area contributed by atoms with Crippen molar-refractivity contribution in [1.29, 1.82) is 0 Å². The van der Waals surface area contributed by atoms with Crippen LogP contribution in [0.1, 0.15) is 15.6 Å². The Labute approximate surface area is 218 Å². The Hall–Kier alpha value is -1.96. The van der Waals surface area contributed by atoms with Crippen molar-refractivity contribution in [3.05, 3.63) is 127 Å². The van der Waals surface area contributed by atoms with Crippen LogP contribution in [0.15, 0.2) is 91.0 Å². The van der Waals surface area contributed by atoms with Crippen molar-refractivity contribution < 1.29 is 0 Å². The van der Waals surface area contributed by atoms with Gasteiger partial charge in [0.15, 0.2) is 0 Å². The fraction of sp³-hybridized carbons (Fsp3) is 0. The van der Waals surface area contributed by atoms with Crippen LogP contribution in [0.3, 0.4) is 0 Å². The van der Waals surface area contributed by atoms with Gasteiger partial charge >= 0.3 is 220 Å². The van der Waals surface area contributed by atoms with Gasteiger partial charge in [-0.25, -0.2) is 0 Å². The number of hydrogen-bond donors (Lipinski definition) is 0. The summed E-state index contributed by atoms with van der Waals surface area (Å²) in [5.41, 5.74) is 5.66. The van der Waals surface area contributed by atoms with E-state index in [4.69, 9.17) is 46.4 Å². The topological polar surface area (TPSA) is 0 Å². The van der Waals surface area contributed by atoms with Gasteiger partial charge in [-0.1, -0.05) is 0 Å². The van der Waals surface area contributed by atoms with E-state index in [0.29, 0.717) is 10.0 Å². The van der Waals surface area contributed by atoms with E-state index in [1.165, 1.54) is 19.6 Å². The van der Waals surface area contributed by atoms with Crippen LogP contribution in [0.2, 0.25) is 20.1 Å². The molecule has 0 atom stereocenters. The maximum atomic E-state index is 6.35. The van der Waals surface area contributed by atoms with E-state index in [9.17, 15) is 0 Å². The molecule has 0 aliphatic rings. The molecule has 33 heavy (non-hydrogen) atoms. The number of halogens is 4. The van der Waals surface area contributed by atoms with E-state index < -0.39 is 0 Å². The van der Waals surface area contributed by atoms with Crippen LogP contribution in [0.25, 0.3) is 32.4 Å². The van der Waals surface area contributed by atoms with Gasteiger partial charge in [-0.05, 0) is 0 Å². The Morgan fingerprint density at radius 2 is 1.06 bits per heavy atom. The molecule has 0 bridgehead atoms. The van der Waals surface area contributed by atoms with Gasteiger partial charge in [0.05, 0.1) is 0 Å². The average molecular weight is 573 g/mol. The van der Waals surface area contributed by atoms with E-state index in [1.54, 1.807) is 0 Å². The third-order valence-electron chi connectivity index (χ3n) is 5.40. The molecule has 0 spiro atoms. The van der Waals surface area contributed by atoms with E-state index in [0.717, 1.165) is 32.3 Å². The summed E-state index contributed by atoms with van der Waals surface area (Å²) < 4.78 is 2.56. The van der Waals surface area contributed by atoms with Crippen LogP contribution < -0.4 is 0 Å². The Morgan fingerprint density at radius 3 is 1.61 bits per heavy atom. The molecule has 4 aromatic carbocycles. The fourth-order valence-electron chi connectivity index (χ4n) is 3.83. The third-order valence-corrected chi connectivity index (χ3v) is 8.70. The second kappa shape index (κ2) is 9.72. The average Bonchev–Trinajstić information content (AvgIpc) is 3.16. The molecule has 1 aromatic heterocycles. The summed E-state index contributed by atoms with van der Waals surface area (Å²) in [5.74, 6) is 0. The molecule has 0 unspecified atom stereocenters. The third kappa shape index (κ3) is 4.95. The zero-order chi connectivity index (χ0) is 22.9. The molecule has 0 aliphatic carbocycles. The molecular weight excluding hydrogens is 557 g/mol. The minimum absolute atomic E-state index is 0.0965. The van der Waals surface area contributed by atoms with Gasteiger partial charge < -0.3 is 0 Å². The van der Waals surface area contributed by atoms with E-state index in [1.807, 2.05) is 42.5 Å². The summed E-state index contributed by atoms with van der Waals surface area (Å²) >= 11 is 25.0. The molecule has 0 fully saturated rings. The van der Waals surface area contributed by atoms with Crippen molar-refractivity contribution in [3.63, 3.8) is 0 Å². The summed E-state index contributed by atoms with van der Waals surface area (Å²) in [5, 5.41) is 4.12. The van der Waals surface area contributed by atoms with Crippen LogP contribution >= 0.6 is 46.4 Å². The van der Waals surface area contributed by atoms with Crippen molar-refractivity contribution in [1.82, 2.24) is 0 Å². The second-order valence-electron chi connectivity index (χ2n) is 7.56. The summed E-state index contributed by atoms with van der Waals surface area (Å²) in [7, 11) is 0. The minimum atomic E-state index is 0.0965. The normalized spacial score (nSPS) is 11.0. The molecule has 5 heteroatoms. The van der Waals surface area contributed by atoms with E-state index in [2.05, 4.69) is 54.6 Å². The first-order valence-electron chi connectivity index (χ1n) is 10.2. The van der Waals surface area contributed by atoms with Crippen molar-refractivity contribution in [3.8, 4) is 11.1 Å². The SMILES string of the molecule is Clc1ccc(C(=Cc2[se]c3cc(Cl)ccc3c2-c2ccc(Cl)cc2)c2ccc(Cl)cc2)cc1. The molecule has 1 heterocycles. The monoisotopic (exact) mass is 572 g/mol. The van der Waals surface area contributed by atoms with Crippen molar-refractivity contribution in [2.75, 3.05) is 0 Å². The van der Waals surface area contributed by atoms with Crippen LogP contribution in [0, 0.1) is 0 Å².